The highest BCUT2D eigenvalue weighted by atomic mass is 16.2. The molecule has 0 aliphatic carbocycles. The van der Waals surface area contributed by atoms with E-state index in [4.69, 9.17) is 0 Å². The summed E-state index contributed by atoms with van der Waals surface area (Å²) >= 11 is 0. The first-order valence-electron chi connectivity index (χ1n) is 9.80. The Morgan fingerprint density at radius 1 is 1.07 bits per heavy atom. The highest BCUT2D eigenvalue weighted by Gasteiger charge is 2.13. The van der Waals surface area contributed by atoms with Crippen LogP contribution >= 0.6 is 0 Å². The van der Waals surface area contributed by atoms with E-state index in [1.807, 2.05) is 54.0 Å². The number of imidazole rings is 1. The van der Waals surface area contributed by atoms with Crippen molar-refractivity contribution < 1.29 is 9.59 Å². The fourth-order valence-electron chi connectivity index (χ4n) is 3.07. The average Bonchev–Trinajstić information content (AvgIpc) is 3.26. The average molecular weight is 406 g/mol. The monoisotopic (exact) mass is 405 g/mol. The van der Waals surface area contributed by atoms with Gasteiger partial charge in [-0.15, -0.1) is 0 Å². The van der Waals surface area contributed by atoms with Gasteiger partial charge in [0.1, 0.15) is 0 Å². The molecule has 0 fully saturated rings. The number of aryl methyl sites for hydroxylation is 1. The minimum absolute atomic E-state index is 0.0961. The van der Waals surface area contributed by atoms with Crippen LogP contribution in [-0.2, 0) is 17.9 Å². The largest absolute Gasteiger partial charge is 0.378 e. The molecule has 0 saturated carbocycles. The van der Waals surface area contributed by atoms with Crippen LogP contribution in [0.25, 0.3) is 0 Å². The maximum absolute atomic E-state index is 12.8. The molecule has 1 N–H and O–H groups in total. The lowest BCUT2D eigenvalue weighted by Gasteiger charge is -2.19. The Kier molecular flexibility index (Phi) is 6.85. The van der Waals surface area contributed by atoms with E-state index in [0.717, 1.165) is 11.3 Å². The van der Waals surface area contributed by atoms with Gasteiger partial charge in [-0.05, 0) is 35.9 Å². The molecule has 0 aliphatic heterocycles. The van der Waals surface area contributed by atoms with Crippen molar-refractivity contribution in [2.75, 3.05) is 31.4 Å². The summed E-state index contributed by atoms with van der Waals surface area (Å²) in [6, 6.07) is 15.1. The smallest absolute Gasteiger partial charge is 0.253 e. The Bertz CT molecular complexity index is 981. The van der Waals surface area contributed by atoms with Gasteiger partial charge in [-0.2, -0.15) is 0 Å². The van der Waals surface area contributed by atoms with Crippen LogP contribution in [-0.4, -0.2) is 47.4 Å². The van der Waals surface area contributed by atoms with Crippen molar-refractivity contribution in [3.05, 3.63) is 78.4 Å². The van der Waals surface area contributed by atoms with Crippen LogP contribution in [0.15, 0.2) is 67.3 Å². The number of benzene rings is 2. The van der Waals surface area contributed by atoms with Crippen LogP contribution in [0.2, 0.25) is 0 Å². The third-order valence-electron chi connectivity index (χ3n) is 4.77. The van der Waals surface area contributed by atoms with E-state index < -0.39 is 0 Å². The van der Waals surface area contributed by atoms with Crippen LogP contribution in [0.3, 0.4) is 0 Å². The number of carbonyl (C=O) groups excluding carboxylic acids is 2. The third kappa shape index (κ3) is 5.70. The second-order valence-corrected chi connectivity index (χ2v) is 7.40. The molecule has 7 heteroatoms. The van der Waals surface area contributed by atoms with E-state index in [1.165, 1.54) is 0 Å². The van der Waals surface area contributed by atoms with Crippen LogP contribution in [0, 0.1) is 0 Å². The Labute approximate surface area is 176 Å². The molecule has 2 amide bonds. The van der Waals surface area contributed by atoms with Gasteiger partial charge in [-0.3, -0.25) is 9.59 Å². The molecule has 0 unspecified atom stereocenters. The highest BCUT2D eigenvalue weighted by Crippen LogP contribution is 2.16. The normalized spacial score (nSPS) is 10.5. The summed E-state index contributed by atoms with van der Waals surface area (Å²) in [6.07, 6.45) is 5.50. The molecular formula is C23H27N5O2. The fraction of sp³-hybridized carbons (Fsp3) is 0.261. The summed E-state index contributed by atoms with van der Waals surface area (Å²) in [7, 11) is 5.76. The minimum atomic E-state index is -0.109. The molecule has 0 atom stereocenters. The second kappa shape index (κ2) is 9.73. The number of nitrogens with zero attached hydrogens (tertiary/aromatic N) is 4. The Morgan fingerprint density at radius 2 is 1.83 bits per heavy atom. The number of nitrogens with one attached hydrogen (secondary N) is 1. The Balaban J connectivity index is 1.58. The van der Waals surface area contributed by atoms with Crippen molar-refractivity contribution in [2.24, 2.45) is 0 Å². The minimum Gasteiger partial charge on any atom is -0.378 e. The summed E-state index contributed by atoms with van der Waals surface area (Å²) in [5.74, 6) is -0.205. The quantitative estimate of drug-likeness (QED) is 0.625. The number of anilines is 2. The summed E-state index contributed by atoms with van der Waals surface area (Å²) in [5.41, 5.74) is 3.32. The lowest BCUT2D eigenvalue weighted by atomic mass is 10.1. The van der Waals surface area contributed by atoms with Gasteiger partial charge < -0.3 is 19.7 Å². The van der Waals surface area contributed by atoms with Gasteiger partial charge in [-0.1, -0.05) is 18.2 Å². The van der Waals surface area contributed by atoms with Gasteiger partial charge in [0.2, 0.25) is 5.91 Å². The van der Waals surface area contributed by atoms with Gasteiger partial charge >= 0.3 is 0 Å². The van der Waals surface area contributed by atoms with Crippen molar-refractivity contribution in [3.63, 3.8) is 0 Å². The topological polar surface area (TPSA) is 70.5 Å². The van der Waals surface area contributed by atoms with Gasteiger partial charge in [-0.25, -0.2) is 4.98 Å². The summed E-state index contributed by atoms with van der Waals surface area (Å²) in [6.45, 7) is 1.06. The van der Waals surface area contributed by atoms with E-state index >= 15 is 0 Å². The zero-order chi connectivity index (χ0) is 21.5. The number of aromatic nitrogens is 2. The molecule has 30 heavy (non-hydrogen) atoms. The van der Waals surface area contributed by atoms with Crippen LogP contribution in [0.4, 0.5) is 11.4 Å². The van der Waals surface area contributed by atoms with Crippen molar-refractivity contribution in [3.8, 4) is 0 Å². The van der Waals surface area contributed by atoms with Gasteiger partial charge in [0, 0.05) is 70.0 Å². The lowest BCUT2D eigenvalue weighted by molar-refractivity contribution is -0.116. The van der Waals surface area contributed by atoms with Crippen LogP contribution in [0.1, 0.15) is 22.3 Å². The lowest BCUT2D eigenvalue weighted by Crippen LogP contribution is -2.26. The first kappa shape index (κ1) is 21.1. The molecule has 2 aromatic carbocycles. The maximum Gasteiger partial charge on any atom is 0.253 e. The van der Waals surface area contributed by atoms with Gasteiger partial charge in [0.05, 0.1) is 6.33 Å². The highest BCUT2D eigenvalue weighted by molar-refractivity contribution is 5.97. The predicted octanol–water partition coefficient (Wildman–Crippen LogP) is 3.25. The van der Waals surface area contributed by atoms with Crippen molar-refractivity contribution in [1.82, 2.24) is 14.5 Å². The standard InChI is InChI=1S/C23H27N5O2/c1-26(2)21-9-7-18(8-10-21)16-27(3)23(30)19-5-4-6-20(15-19)25-22(29)11-13-28-14-12-24-17-28/h4-10,12,14-15,17H,11,13,16H2,1-3H3,(H,25,29). The molecule has 0 radical (unpaired) electrons. The fourth-order valence-corrected chi connectivity index (χ4v) is 3.07. The molecule has 156 valence electrons. The molecule has 0 bridgehead atoms. The molecule has 1 aromatic heterocycles. The number of rotatable bonds is 8. The van der Waals surface area contributed by atoms with Gasteiger partial charge in [0.25, 0.3) is 5.91 Å². The zero-order valence-corrected chi connectivity index (χ0v) is 17.6. The van der Waals surface area contributed by atoms with Crippen molar-refractivity contribution >= 4 is 23.2 Å². The van der Waals surface area contributed by atoms with E-state index in [-0.39, 0.29) is 11.8 Å². The summed E-state index contributed by atoms with van der Waals surface area (Å²) < 4.78 is 1.85. The van der Waals surface area contributed by atoms with Crippen LogP contribution < -0.4 is 10.2 Å². The Hall–Kier alpha value is -3.61. The van der Waals surface area contributed by atoms with E-state index in [0.29, 0.717) is 30.8 Å². The van der Waals surface area contributed by atoms with Gasteiger partial charge in [0.15, 0.2) is 0 Å². The molecule has 7 nitrogen and oxygen atoms in total. The second-order valence-electron chi connectivity index (χ2n) is 7.40. The number of carbonyl (C=O) groups is 2. The molecule has 0 aliphatic rings. The Morgan fingerprint density at radius 3 is 2.50 bits per heavy atom. The SMILES string of the molecule is CN(Cc1ccc(N(C)C)cc1)C(=O)c1cccc(NC(=O)CCn2ccnc2)c1. The number of hydrogen-bond donors (Lipinski definition) is 1. The van der Waals surface area contributed by atoms with E-state index in [1.54, 1.807) is 48.7 Å². The molecule has 1 heterocycles. The molecule has 0 saturated heterocycles. The van der Waals surface area contributed by atoms with Crippen LogP contribution in [0.5, 0.6) is 0 Å². The molecule has 3 aromatic rings. The predicted molar refractivity (Wildman–Crippen MR) is 118 cm³/mol. The van der Waals surface area contributed by atoms with Crippen molar-refractivity contribution in [1.29, 1.82) is 0 Å². The zero-order valence-electron chi connectivity index (χ0n) is 17.6. The number of hydrogen-bond acceptors (Lipinski definition) is 4. The van der Waals surface area contributed by atoms with E-state index in [2.05, 4.69) is 10.3 Å². The summed E-state index contributed by atoms with van der Waals surface area (Å²) in [5, 5.41) is 2.86. The molecule has 0 spiro atoms. The molecular weight excluding hydrogens is 378 g/mol. The molecule has 3 rings (SSSR count). The maximum atomic E-state index is 12.8. The van der Waals surface area contributed by atoms with E-state index in [9.17, 15) is 9.59 Å². The summed E-state index contributed by atoms with van der Waals surface area (Å²) in [4.78, 5) is 32.7. The number of amides is 2. The first-order valence-corrected chi connectivity index (χ1v) is 9.80. The van der Waals surface area contributed by atoms with Crippen molar-refractivity contribution in [2.45, 2.75) is 19.5 Å². The third-order valence-corrected chi connectivity index (χ3v) is 4.77. The first-order chi connectivity index (χ1) is 14.4.